The molecule has 5 aromatic heterocycles. The molecule has 0 spiro atoms. The summed E-state index contributed by atoms with van der Waals surface area (Å²) in [6, 6.07) is 54.1. The van der Waals surface area contributed by atoms with Crippen molar-refractivity contribution in [1.29, 1.82) is 0 Å². The van der Waals surface area contributed by atoms with Crippen molar-refractivity contribution in [1.82, 2.24) is 0 Å². The van der Waals surface area contributed by atoms with Crippen molar-refractivity contribution in [2.24, 2.45) is 62.8 Å². The molecular weight excluding hydrogens is 1180 g/mol. The van der Waals surface area contributed by atoms with E-state index >= 15 is 0 Å². The summed E-state index contributed by atoms with van der Waals surface area (Å²) in [5.41, 5.74) is 20.1. The van der Waals surface area contributed by atoms with Gasteiger partial charge in [0.15, 0.2) is 31.0 Å². The molecule has 512 valence electrons. The Morgan fingerprint density at radius 1 is 0.320 bits per heavy atom. The number of aryl methyl sites for hydroxylation is 13. The summed E-state index contributed by atoms with van der Waals surface area (Å²) in [5.74, 6) is -0.0492. The number of nitrogens with zero attached hydrogens (tertiary/aromatic N) is 5. The Bertz CT molecular complexity index is 4870. The molecule has 0 bridgehead atoms. The second-order valence-corrected chi connectivity index (χ2v) is 30.6. The second-order valence-electron chi connectivity index (χ2n) is 30.6. The first-order valence-corrected chi connectivity index (χ1v) is 34.2. The molecule has 0 N–H and O–H groups in total. The van der Waals surface area contributed by atoms with Gasteiger partial charge in [-0.3, -0.25) is 0 Å². The molecule has 0 fully saturated rings. The Kier molecular flexibility index (Phi) is 21.0. The van der Waals surface area contributed by atoms with Crippen LogP contribution in [0.15, 0.2) is 195 Å². The van der Waals surface area contributed by atoms with E-state index in [4.69, 9.17) is 17.8 Å². The zero-order chi connectivity index (χ0) is 83.4. The summed E-state index contributed by atoms with van der Waals surface area (Å²) >= 11 is 0. The lowest BCUT2D eigenvalue weighted by Crippen LogP contribution is -2.33. The SMILES string of the molecule is [2H]C([2H])([2H])c1ccc(-c2cc(C)cc[n+]2C)c(C)c1.[2H]C([2H])(c1c[n+](C)c(-c2ccccc2C)cc1C)C(C)(C)C.[2H]C([2H])(c1cc(-c2ccccc2C)[n+](C)cc1C([2H])([2H])C(C)(C)C)C(C)(C)C.[2H]C([2H])(c1ccc(-c2ccccc2C)[n+](C)c1)C(C)(C)C.[2H]C([2H])(c1ccc(-c2ccccc2C)[n+](C)c1)C(C)C. The maximum Gasteiger partial charge on any atom is 0.212 e. The van der Waals surface area contributed by atoms with E-state index < -0.39 is 60.4 Å². The fourth-order valence-corrected chi connectivity index (χ4v) is 11.5. The van der Waals surface area contributed by atoms with Crippen molar-refractivity contribution < 1.29 is 40.7 Å². The van der Waals surface area contributed by atoms with E-state index in [0.717, 1.165) is 73.0 Å². The van der Waals surface area contributed by atoms with E-state index in [1.807, 2.05) is 298 Å². The molecule has 0 aliphatic rings. The molecule has 0 atom stereocenters. The average Bonchev–Trinajstić information content (AvgIpc) is 0.733. The molecule has 0 amide bonds. The van der Waals surface area contributed by atoms with Crippen LogP contribution in [0.25, 0.3) is 56.3 Å². The van der Waals surface area contributed by atoms with Crippen molar-refractivity contribution in [3.63, 3.8) is 0 Å². The van der Waals surface area contributed by atoms with Crippen LogP contribution in [-0.4, -0.2) is 0 Å². The Hall–Kier alpha value is -8.15. The predicted octanol–water partition coefficient (Wildman–Crippen LogP) is 20.9. The smallest absolute Gasteiger partial charge is 0.201 e. The van der Waals surface area contributed by atoms with Gasteiger partial charge in [-0.25, -0.2) is 22.8 Å². The van der Waals surface area contributed by atoms with Gasteiger partial charge in [0.25, 0.3) is 0 Å². The highest BCUT2D eigenvalue weighted by Crippen LogP contribution is 2.32. The van der Waals surface area contributed by atoms with Crippen molar-refractivity contribution in [2.75, 3.05) is 0 Å². The normalized spacial score (nSPS) is 14.4. The van der Waals surface area contributed by atoms with E-state index in [1.54, 1.807) is 18.3 Å². The molecule has 5 heterocycles. The predicted molar refractivity (Wildman–Crippen MR) is 414 cm³/mol. The minimum atomic E-state index is -2.04. The number of hydrogen-bond donors (Lipinski definition) is 0. The van der Waals surface area contributed by atoms with Crippen molar-refractivity contribution >= 4 is 0 Å². The molecule has 0 saturated heterocycles. The topological polar surface area (TPSA) is 19.4 Å². The Labute approximate surface area is 608 Å². The highest BCUT2D eigenvalue weighted by atomic mass is 14.9. The third-order valence-corrected chi connectivity index (χ3v) is 16.0. The summed E-state index contributed by atoms with van der Waals surface area (Å²) in [5, 5.41) is 0. The van der Waals surface area contributed by atoms with Crippen LogP contribution < -0.4 is 22.8 Å². The Balaban J connectivity index is 0.000000216. The van der Waals surface area contributed by atoms with E-state index in [0.29, 0.717) is 16.7 Å². The van der Waals surface area contributed by atoms with E-state index in [1.165, 1.54) is 38.9 Å². The number of rotatable bonds is 11. The number of benzene rings is 5. The number of aromatic nitrogens is 5. The van der Waals surface area contributed by atoms with E-state index in [2.05, 4.69) is 82.3 Å². The van der Waals surface area contributed by atoms with Crippen LogP contribution >= 0.6 is 0 Å². The highest BCUT2D eigenvalue weighted by Gasteiger charge is 2.25. The standard InChI is InChI=1S/C23H34N.C19H26N.C18H24N.C17H22N.C15H18N/c1-17-11-9-10-12-20(17)21-13-18(14-22(2,3)4)19(16-24(21)8)15-23(5,6)7;1-14-9-7-8-10-17(14)18-11-15(2)16(13-20(18)6)12-19(3,4)5;1-14-8-6-7-9-16(14)17-11-10-15(13-19(17)5)12-18(2,3)4;1-13(2)11-15-9-10-17(18(4)12-15)16-8-6-5-7-14(16)3;1-11-5-6-14(13(3)9-11)15-10-12(2)7-8-16(15)4/h9-13,16H,14-15H2,1-8H3;7-11,13H,12H2,1-6H3;6-11,13H,12H2,1-5H3;5-10,12-13H,11H2,1-4H3;5-10H,1-4H3/q5*+1/i14D2,15D2;2*12D2;11D2;1D3. The Morgan fingerprint density at radius 2 is 0.691 bits per heavy atom. The number of pyridine rings is 5. The van der Waals surface area contributed by atoms with Gasteiger partial charge in [0.2, 0.25) is 28.5 Å². The van der Waals surface area contributed by atoms with Gasteiger partial charge in [0.05, 0.1) is 0 Å². The second kappa shape index (κ2) is 33.9. The summed E-state index contributed by atoms with van der Waals surface area (Å²) in [6.45, 7) is 38.9. The van der Waals surface area contributed by atoms with Crippen molar-refractivity contribution in [2.45, 2.75) is 184 Å². The first-order valence-electron chi connectivity index (χ1n) is 40.7. The summed E-state index contributed by atoms with van der Waals surface area (Å²) in [7, 11) is 9.83. The lowest BCUT2D eigenvalue weighted by atomic mass is 9.81. The van der Waals surface area contributed by atoms with E-state index in [9.17, 15) is 0 Å². The number of hydrogen-bond acceptors (Lipinski definition) is 0. The minimum absolute atomic E-state index is 0.0492. The van der Waals surface area contributed by atoms with Gasteiger partial charge >= 0.3 is 0 Å². The molecule has 0 saturated carbocycles. The van der Waals surface area contributed by atoms with Crippen LogP contribution in [0.3, 0.4) is 0 Å². The largest absolute Gasteiger partial charge is 0.212 e. The molecule has 0 radical (unpaired) electrons. The third kappa shape index (κ3) is 24.1. The van der Waals surface area contributed by atoms with E-state index in [-0.39, 0.29) is 5.92 Å². The molecule has 5 heteroatoms. The van der Waals surface area contributed by atoms with Gasteiger partial charge < -0.3 is 0 Å². The zero-order valence-corrected chi connectivity index (χ0v) is 63.8. The molecule has 10 aromatic rings. The summed E-state index contributed by atoms with van der Waals surface area (Å²) < 4.78 is 118. The summed E-state index contributed by atoms with van der Waals surface area (Å²) in [6.07, 6.45) is 2.12. The lowest BCUT2D eigenvalue weighted by molar-refractivity contribution is -0.661. The average molecular weight is 1310 g/mol. The lowest BCUT2D eigenvalue weighted by Gasteiger charge is -2.24. The molecule has 97 heavy (non-hydrogen) atoms. The van der Waals surface area contributed by atoms with Crippen LogP contribution in [0.2, 0.25) is 0 Å². The Morgan fingerprint density at radius 3 is 1.11 bits per heavy atom. The van der Waals surface area contributed by atoms with Gasteiger partial charge in [0.1, 0.15) is 35.2 Å². The van der Waals surface area contributed by atoms with Crippen molar-refractivity contribution in [3.05, 3.63) is 267 Å². The van der Waals surface area contributed by atoms with Crippen molar-refractivity contribution in [3.8, 4) is 56.3 Å². The van der Waals surface area contributed by atoms with Crippen LogP contribution in [-0.2, 0) is 67.1 Å². The maximum atomic E-state index is 8.92. The first-order chi connectivity index (χ1) is 50.3. The first kappa shape index (κ1) is 60.1. The molecule has 0 aliphatic carbocycles. The molecule has 5 nitrogen and oxygen atoms in total. The molecule has 5 aromatic carbocycles. The maximum absolute atomic E-state index is 8.92. The summed E-state index contributed by atoms with van der Waals surface area (Å²) in [4.78, 5) is 0. The van der Waals surface area contributed by atoms with Gasteiger partial charge in [-0.2, -0.15) is 0 Å². The fourth-order valence-electron chi connectivity index (χ4n) is 11.5. The molecule has 0 unspecified atom stereocenters. The van der Waals surface area contributed by atoms with Crippen LogP contribution in [0.5, 0.6) is 0 Å². The quantitative estimate of drug-likeness (QED) is 0.115. The zero-order valence-electron chi connectivity index (χ0n) is 76.8. The molecule has 0 aliphatic heterocycles. The third-order valence-electron chi connectivity index (χ3n) is 16.0. The van der Waals surface area contributed by atoms with Gasteiger partial charge in [-0.15, -0.1) is 0 Å². The molecular formula is C92H124N5+5. The van der Waals surface area contributed by atoms with Crippen LogP contribution in [0.4, 0.5) is 0 Å². The van der Waals surface area contributed by atoms with Gasteiger partial charge in [0, 0.05) is 104 Å². The highest BCUT2D eigenvalue weighted by molar-refractivity contribution is 5.65. The van der Waals surface area contributed by atoms with Crippen LogP contribution in [0, 0.1) is 82.9 Å². The minimum Gasteiger partial charge on any atom is -0.201 e. The fraction of sp³-hybridized carbons (Fsp3) is 0.402. The van der Waals surface area contributed by atoms with Gasteiger partial charge in [-0.05, 0) is 202 Å². The van der Waals surface area contributed by atoms with Gasteiger partial charge in [-0.1, -0.05) is 187 Å². The monoisotopic (exact) mass is 1310 g/mol. The molecule has 10 rings (SSSR count). The van der Waals surface area contributed by atoms with Crippen LogP contribution in [0.1, 0.15) is 187 Å².